The van der Waals surface area contributed by atoms with Crippen LogP contribution in [0.3, 0.4) is 0 Å². The van der Waals surface area contributed by atoms with Gasteiger partial charge in [-0.25, -0.2) is 0 Å². The van der Waals surface area contributed by atoms with Crippen LogP contribution in [0.1, 0.15) is 27.2 Å². The lowest BCUT2D eigenvalue weighted by molar-refractivity contribution is -0.138. The van der Waals surface area contributed by atoms with Crippen LogP contribution < -0.4 is 4.90 Å². The Morgan fingerprint density at radius 2 is 1.61 bits per heavy atom. The van der Waals surface area contributed by atoms with Crippen molar-refractivity contribution in [3.63, 3.8) is 0 Å². The smallest absolute Gasteiger partial charge is 0.159 e. The van der Waals surface area contributed by atoms with E-state index in [0.29, 0.717) is 13.2 Å². The molecular formula is C15H25NO2. The van der Waals surface area contributed by atoms with Crippen molar-refractivity contribution < 1.29 is 9.47 Å². The molecule has 0 fully saturated rings. The SMILES string of the molecule is CCOC(CCN(CC)c1ccccc1)OCC. The molecule has 3 heteroatoms. The fraction of sp³-hybridized carbons (Fsp3) is 0.600. The van der Waals surface area contributed by atoms with E-state index >= 15 is 0 Å². The van der Waals surface area contributed by atoms with Gasteiger partial charge in [0.05, 0.1) is 0 Å². The number of ether oxygens (including phenoxy) is 2. The quantitative estimate of drug-likeness (QED) is 0.629. The standard InChI is InChI=1S/C15H25NO2/c1-4-16(14-10-8-7-9-11-14)13-12-15(17-5-2)18-6-3/h7-11,15H,4-6,12-13H2,1-3H3. The molecule has 0 atom stereocenters. The summed E-state index contributed by atoms with van der Waals surface area (Å²) in [5.74, 6) is 0. The van der Waals surface area contributed by atoms with Crippen LogP contribution in [0, 0.1) is 0 Å². The van der Waals surface area contributed by atoms with Gasteiger partial charge < -0.3 is 14.4 Å². The molecule has 0 radical (unpaired) electrons. The molecule has 0 amide bonds. The van der Waals surface area contributed by atoms with Crippen LogP contribution in [0.25, 0.3) is 0 Å². The summed E-state index contributed by atoms with van der Waals surface area (Å²) in [5.41, 5.74) is 1.26. The van der Waals surface area contributed by atoms with Crippen LogP contribution in [0.15, 0.2) is 30.3 Å². The molecule has 0 saturated carbocycles. The van der Waals surface area contributed by atoms with Gasteiger partial charge in [0.15, 0.2) is 6.29 Å². The van der Waals surface area contributed by atoms with Gasteiger partial charge in [0, 0.05) is 38.4 Å². The minimum Gasteiger partial charge on any atom is -0.372 e. The van der Waals surface area contributed by atoms with Crippen molar-refractivity contribution in [1.29, 1.82) is 0 Å². The van der Waals surface area contributed by atoms with Crippen LogP contribution in [0.2, 0.25) is 0 Å². The Balaban J connectivity index is 2.48. The summed E-state index contributed by atoms with van der Waals surface area (Å²) in [6, 6.07) is 10.5. The maximum Gasteiger partial charge on any atom is 0.159 e. The van der Waals surface area contributed by atoms with Crippen molar-refractivity contribution >= 4 is 5.69 Å². The van der Waals surface area contributed by atoms with Crippen molar-refractivity contribution in [1.82, 2.24) is 0 Å². The highest BCUT2D eigenvalue weighted by Gasteiger charge is 2.11. The van der Waals surface area contributed by atoms with Gasteiger partial charge in [0.25, 0.3) is 0 Å². The molecule has 0 spiro atoms. The van der Waals surface area contributed by atoms with E-state index in [2.05, 4.69) is 36.1 Å². The van der Waals surface area contributed by atoms with Crippen molar-refractivity contribution in [2.24, 2.45) is 0 Å². The predicted molar refractivity (Wildman–Crippen MR) is 76.0 cm³/mol. The summed E-state index contributed by atoms with van der Waals surface area (Å²) >= 11 is 0. The van der Waals surface area contributed by atoms with E-state index in [1.807, 2.05) is 19.9 Å². The Hall–Kier alpha value is -1.06. The molecule has 3 nitrogen and oxygen atoms in total. The summed E-state index contributed by atoms with van der Waals surface area (Å²) in [7, 11) is 0. The Morgan fingerprint density at radius 3 is 2.11 bits per heavy atom. The first-order chi connectivity index (χ1) is 8.81. The van der Waals surface area contributed by atoms with E-state index in [1.54, 1.807) is 0 Å². The van der Waals surface area contributed by atoms with E-state index in [-0.39, 0.29) is 6.29 Å². The lowest BCUT2D eigenvalue weighted by Gasteiger charge is -2.25. The molecule has 0 unspecified atom stereocenters. The van der Waals surface area contributed by atoms with Crippen molar-refractivity contribution in [3.8, 4) is 0 Å². The Labute approximate surface area is 111 Å². The first-order valence-corrected chi connectivity index (χ1v) is 6.85. The second kappa shape index (κ2) is 8.95. The average molecular weight is 251 g/mol. The van der Waals surface area contributed by atoms with Crippen molar-refractivity contribution in [3.05, 3.63) is 30.3 Å². The normalized spacial score (nSPS) is 10.9. The number of rotatable bonds is 9. The predicted octanol–water partition coefficient (Wildman–Crippen LogP) is 3.30. The van der Waals surface area contributed by atoms with Gasteiger partial charge in [-0.05, 0) is 32.9 Å². The zero-order valence-electron chi connectivity index (χ0n) is 11.8. The Bertz CT molecular complexity index is 297. The first-order valence-electron chi connectivity index (χ1n) is 6.85. The maximum atomic E-state index is 5.56. The minimum atomic E-state index is -0.0854. The second-order valence-electron chi connectivity index (χ2n) is 4.04. The fourth-order valence-electron chi connectivity index (χ4n) is 1.96. The van der Waals surface area contributed by atoms with Gasteiger partial charge in [-0.2, -0.15) is 0 Å². The number of anilines is 1. The lowest BCUT2D eigenvalue weighted by atomic mass is 10.2. The van der Waals surface area contributed by atoms with E-state index < -0.39 is 0 Å². The number of hydrogen-bond acceptors (Lipinski definition) is 3. The largest absolute Gasteiger partial charge is 0.372 e. The molecule has 0 bridgehead atoms. The van der Waals surface area contributed by atoms with E-state index in [1.165, 1.54) is 5.69 Å². The molecular weight excluding hydrogens is 226 g/mol. The summed E-state index contributed by atoms with van der Waals surface area (Å²) in [5, 5.41) is 0. The highest BCUT2D eigenvalue weighted by molar-refractivity contribution is 5.45. The fourth-order valence-corrected chi connectivity index (χ4v) is 1.96. The molecule has 18 heavy (non-hydrogen) atoms. The van der Waals surface area contributed by atoms with Crippen LogP contribution in [0.4, 0.5) is 5.69 Å². The monoisotopic (exact) mass is 251 g/mol. The van der Waals surface area contributed by atoms with Crippen molar-refractivity contribution in [2.75, 3.05) is 31.2 Å². The Morgan fingerprint density at radius 1 is 1.00 bits per heavy atom. The molecule has 0 aliphatic heterocycles. The summed E-state index contributed by atoms with van der Waals surface area (Å²) in [6.45, 7) is 9.51. The maximum absolute atomic E-state index is 5.56. The molecule has 0 aliphatic rings. The van der Waals surface area contributed by atoms with Gasteiger partial charge in [0.2, 0.25) is 0 Å². The van der Waals surface area contributed by atoms with Crippen LogP contribution in [-0.4, -0.2) is 32.6 Å². The molecule has 0 N–H and O–H groups in total. The number of hydrogen-bond donors (Lipinski definition) is 0. The second-order valence-corrected chi connectivity index (χ2v) is 4.04. The third kappa shape index (κ3) is 5.07. The van der Waals surface area contributed by atoms with Gasteiger partial charge >= 0.3 is 0 Å². The lowest BCUT2D eigenvalue weighted by Crippen LogP contribution is -2.29. The Kier molecular flexibility index (Phi) is 7.46. The van der Waals surface area contributed by atoms with E-state index in [4.69, 9.17) is 9.47 Å². The topological polar surface area (TPSA) is 21.7 Å². The molecule has 0 saturated heterocycles. The number of nitrogens with zero attached hydrogens (tertiary/aromatic N) is 1. The zero-order valence-corrected chi connectivity index (χ0v) is 11.8. The molecule has 1 aromatic carbocycles. The van der Waals surface area contributed by atoms with Gasteiger partial charge in [-0.3, -0.25) is 0 Å². The first kappa shape index (κ1) is 15.0. The molecule has 0 aliphatic carbocycles. The van der Waals surface area contributed by atoms with Crippen LogP contribution in [0.5, 0.6) is 0 Å². The zero-order chi connectivity index (χ0) is 13.2. The van der Waals surface area contributed by atoms with Gasteiger partial charge in [-0.1, -0.05) is 18.2 Å². The van der Waals surface area contributed by atoms with Gasteiger partial charge in [-0.15, -0.1) is 0 Å². The molecule has 1 aromatic rings. The number of benzene rings is 1. The van der Waals surface area contributed by atoms with E-state index in [0.717, 1.165) is 19.5 Å². The third-order valence-electron chi connectivity index (χ3n) is 2.84. The number of para-hydroxylation sites is 1. The van der Waals surface area contributed by atoms with E-state index in [9.17, 15) is 0 Å². The summed E-state index contributed by atoms with van der Waals surface area (Å²) in [4.78, 5) is 2.34. The third-order valence-corrected chi connectivity index (χ3v) is 2.84. The highest BCUT2D eigenvalue weighted by Crippen LogP contribution is 2.14. The minimum absolute atomic E-state index is 0.0854. The average Bonchev–Trinajstić information content (AvgIpc) is 2.41. The van der Waals surface area contributed by atoms with Gasteiger partial charge in [0.1, 0.15) is 0 Å². The summed E-state index contributed by atoms with van der Waals surface area (Å²) in [6.07, 6.45) is 0.808. The van der Waals surface area contributed by atoms with Crippen molar-refractivity contribution in [2.45, 2.75) is 33.5 Å². The van der Waals surface area contributed by atoms with Crippen LogP contribution in [-0.2, 0) is 9.47 Å². The molecule has 0 aromatic heterocycles. The highest BCUT2D eigenvalue weighted by atomic mass is 16.7. The molecule has 0 heterocycles. The van der Waals surface area contributed by atoms with Crippen LogP contribution >= 0.6 is 0 Å². The summed E-state index contributed by atoms with van der Waals surface area (Å²) < 4.78 is 11.1. The molecule has 102 valence electrons. The molecule has 1 rings (SSSR count).